The van der Waals surface area contributed by atoms with Crippen molar-refractivity contribution in [3.05, 3.63) is 41.3 Å². The lowest BCUT2D eigenvalue weighted by atomic mass is 9.87. The fourth-order valence-corrected chi connectivity index (χ4v) is 3.29. The van der Waals surface area contributed by atoms with Crippen LogP contribution >= 0.6 is 0 Å². The molecular weight excluding hydrogens is 422 g/mol. The van der Waals surface area contributed by atoms with E-state index in [4.69, 9.17) is 16.0 Å². The first kappa shape index (κ1) is 24.0. The highest BCUT2D eigenvalue weighted by Crippen LogP contribution is 2.30. The second-order valence-electron chi connectivity index (χ2n) is 9.01. The average molecular weight is 454 g/mol. The molecule has 0 saturated carbocycles. The quantitative estimate of drug-likeness (QED) is 0.470. The normalized spacial score (nSPS) is 12.7. The Hall–Kier alpha value is -3.69. The van der Waals surface area contributed by atoms with E-state index in [9.17, 15) is 9.59 Å². The summed E-state index contributed by atoms with van der Waals surface area (Å²) < 4.78 is 6.83. The van der Waals surface area contributed by atoms with Crippen molar-refractivity contribution in [1.29, 1.82) is 0 Å². The van der Waals surface area contributed by atoms with Crippen LogP contribution in [0.1, 0.15) is 81.7 Å². The second kappa shape index (κ2) is 9.05. The number of nitrogens with two attached hydrogens (primary N) is 2. The predicted octanol–water partition coefficient (Wildman–Crippen LogP) is 3.62. The summed E-state index contributed by atoms with van der Waals surface area (Å²) in [5.74, 6) is -0.995. The van der Waals surface area contributed by atoms with Crippen LogP contribution in [0.2, 0.25) is 0 Å². The van der Waals surface area contributed by atoms with Crippen LogP contribution in [0.5, 0.6) is 0 Å². The van der Waals surface area contributed by atoms with Crippen molar-refractivity contribution in [2.75, 3.05) is 11.1 Å². The summed E-state index contributed by atoms with van der Waals surface area (Å²) in [6.07, 6.45) is 2.44. The number of amides is 2. The van der Waals surface area contributed by atoms with E-state index in [1.54, 1.807) is 36.0 Å². The molecule has 1 atom stereocenters. The third kappa shape index (κ3) is 4.74. The summed E-state index contributed by atoms with van der Waals surface area (Å²) >= 11 is 0. The molecule has 10 heteroatoms. The SMILES string of the molecule is CCC(C)(C)c1cc(NC(=O)C(C)c2ccc(-c3nn(C(C)C)c(N)c3C(N)=O)cn2)on1. The lowest BCUT2D eigenvalue weighted by molar-refractivity contribution is -0.117. The molecule has 0 fully saturated rings. The van der Waals surface area contributed by atoms with Crippen molar-refractivity contribution < 1.29 is 14.1 Å². The standard InChI is InChI=1S/C23H31N7O3/c1-7-23(5,6)16-10-17(33-29-16)27-22(32)13(4)15-9-8-14(11-26-15)19-18(21(25)31)20(24)30(28-19)12(2)3/h8-13H,7,24H2,1-6H3,(H2,25,31)(H,27,32). The van der Waals surface area contributed by atoms with Crippen molar-refractivity contribution in [2.24, 2.45) is 5.73 Å². The smallest absolute Gasteiger partial charge is 0.254 e. The number of anilines is 2. The first-order valence-electron chi connectivity index (χ1n) is 10.9. The van der Waals surface area contributed by atoms with Gasteiger partial charge in [-0.15, -0.1) is 0 Å². The first-order chi connectivity index (χ1) is 15.5. The Kier molecular flexibility index (Phi) is 6.57. The summed E-state index contributed by atoms with van der Waals surface area (Å²) in [5.41, 5.74) is 13.9. The predicted molar refractivity (Wildman–Crippen MR) is 126 cm³/mol. The summed E-state index contributed by atoms with van der Waals surface area (Å²) in [7, 11) is 0. The number of carbonyl (C=O) groups excluding carboxylic acids is 2. The van der Waals surface area contributed by atoms with Crippen molar-refractivity contribution in [2.45, 2.75) is 65.3 Å². The van der Waals surface area contributed by atoms with Gasteiger partial charge in [0.2, 0.25) is 11.8 Å². The fraction of sp³-hybridized carbons (Fsp3) is 0.435. The number of aromatic nitrogens is 4. The van der Waals surface area contributed by atoms with Crippen LogP contribution in [0, 0.1) is 0 Å². The molecule has 0 bridgehead atoms. The van der Waals surface area contributed by atoms with Crippen molar-refractivity contribution in [3.8, 4) is 11.3 Å². The minimum absolute atomic E-state index is 0.0488. The van der Waals surface area contributed by atoms with Crippen LogP contribution in [-0.2, 0) is 10.2 Å². The fourth-order valence-electron chi connectivity index (χ4n) is 3.29. The van der Waals surface area contributed by atoms with E-state index in [1.165, 1.54) is 0 Å². The second-order valence-corrected chi connectivity index (χ2v) is 9.01. The third-order valence-electron chi connectivity index (χ3n) is 5.91. The van der Waals surface area contributed by atoms with Gasteiger partial charge < -0.3 is 16.0 Å². The highest BCUT2D eigenvalue weighted by molar-refractivity contribution is 6.03. The zero-order chi connectivity index (χ0) is 24.5. The summed E-state index contributed by atoms with van der Waals surface area (Å²) in [6, 6.07) is 5.14. The Bertz CT molecular complexity index is 1160. The highest BCUT2D eigenvalue weighted by atomic mass is 16.5. The maximum Gasteiger partial charge on any atom is 0.254 e. The Morgan fingerprint density at radius 1 is 1.24 bits per heavy atom. The van der Waals surface area contributed by atoms with Gasteiger partial charge in [0.05, 0.1) is 17.3 Å². The molecule has 176 valence electrons. The molecule has 10 nitrogen and oxygen atoms in total. The van der Waals surface area contributed by atoms with Crippen LogP contribution in [0.15, 0.2) is 28.9 Å². The number of nitrogens with zero attached hydrogens (tertiary/aromatic N) is 4. The molecule has 2 amide bonds. The van der Waals surface area contributed by atoms with E-state index >= 15 is 0 Å². The van der Waals surface area contributed by atoms with E-state index in [2.05, 4.69) is 41.3 Å². The molecule has 5 N–H and O–H groups in total. The maximum atomic E-state index is 12.7. The lowest BCUT2D eigenvalue weighted by Crippen LogP contribution is -2.19. The summed E-state index contributed by atoms with van der Waals surface area (Å²) in [5, 5.41) is 11.3. The zero-order valence-electron chi connectivity index (χ0n) is 19.8. The molecule has 0 aromatic carbocycles. The highest BCUT2D eigenvalue weighted by Gasteiger charge is 2.26. The number of nitrogens with one attached hydrogen (secondary N) is 1. The minimum Gasteiger partial charge on any atom is -0.383 e. The van der Waals surface area contributed by atoms with Crippen molar-refractivity contribution in [3.63, 3.8) is 0 Å². The van der Waals surface area contributed by atoms with Crippen LogP contribution < -0.4 is 16.8 Å². The largest absolute Gasteiger partial charge is 0.383 e. The van der Waals surface area contributed by atoms with Gasteiger partial charge in [-0.3, -0.25) is 19.9 Å². The van der Waals surface area contributed by atoms with Gasteiger partial charge in [-0.05, 0) is 39.3 Å². The number of hydrogen-bond donors (Lipinski definition) is 3. The Labute approximate surface area is 192 Å². The number of hydrogen-bond acceptors (Lipinski definition) is 7. The molecule has 0 spiro atoms. The van der Waals surface area contributed by atoms with E-state index in [0.29, 0.717) is 22.8 Å². The molecule has 0 saturated heterocycles. The zero-order valence-corrected chi connectivity index (χ0v) is 19.8. The molecule has 0 aliphatic rings. The van der Waals surface area contributed by atoms with Crippen LogP contribution in [0.3, 0.4) is 0 Å². The molecule has 3 aromatic rings. The van der Waals surface area contributed by atoms with Gasteiger partial charge in [-0.25, -0.2) is 4.68 Å². The molecule has 1 unspecified atom stereocenters. The van der Waals surface area contributed by atoms with Gasteiger partial charge in [-0.2, -0.15) is 5.10 Å². The molecule has 33 heavy (non-hydrogen) atoms. The van der Waals surface area contributed by atoms with E-state index in [0.717, 1.165) is 12.1 Å². The summed E-state index contributed by atoms with van der Waals surface area (Å²) in [6.45, 7) is 11.7. The van der Waals surface area contributed by atoms with Crippen molar-refractivity contribution in [1.82, 2.24) is 19.9 Å². The Morgan fingerprint density at radius 3 is 2.48 bits per heavy atom. The molecule has 3 aromatic heterocycles. The van der Waals surface area contributed by atoms with Gasteiger partial charge in [-0.1, -0.05) is 25.9 Å². The number of nitrogen functional groups attached to an aromatic ring is 1. The Morgan fingerprint density at radius 2 is 1.94 bits per heavy atom. The van der Waals surface area contributed by atoms with E-state index < -0.39 is 11.8 Å². The first-order valence-corrected chi connectivity index (χ1v) is 10.9. The van der Waals surface area contributed by atoms with Crippen LogP contribution in [-0.4, -0.2) is 31.7 Å². The number of pyridine rings is 1. The minimum atomic E-state index is -0.663. The molecule has 3 heterocycles. The van der Waals surface area contributed by atoms with Gasteiger partial charge >= 0.3 is 0 Å². The molecule has 0 radical (unpaired) electrons. The van der Waals surface area contributed by atoms with Gasteiger partial charge in [0, 0.05) is 29.3 Å². The molecule has 0 aliphatic heterocycles. The number of carbonyl (C=O) groups is 2. The van der Waals surface area contributed by atoms with E-state index in [1.807, 2.05) is 13.8 Å². The Balaban J connectivity index is 1.80. The topological polar surface area (TPSA) is 155 Å². The molecular formula is C23H31N7O3. The molecule has 3 rings (SSSR count). The average Bonchev–Trinajstić information content (AvgIpc) is 3.38. The van der Waals surface area contributed by atoms with Crippen LogP contribution in [0.25, 0.3) is 11.3 Å². The van der Waals surface area contributed by atoms with Gasteiger partial charge in [0.25, 0.3) is 5.91 Å². The van der Waals surface area contributed by atoms with Crippen molar-refractivity contribution >= 4 is 23.5 Å². The summed E-state index contributed by atoms with van der Waals surface area (Å²) in [4.78, 5) is 29.1. The van der Waals surface area contributed by atoms with Gasteiger partial charge in [0.15, 0.2) is 0 Å². The van der Waals surface area contributed by atoms with E-state index in [-0.39, 0.29) is 28.7 Å². The third-order valence-corrected chi connectivity index (χ3v) is 5.91. The number of primary amides is 1. The maximum absolute atomic E-state index is 12.7. The monoisotopic (exact) mass is 453 g/mol. The lowest BCUT2D eigenvalue weighted by Gasteiger charge is -2.18. The molecule has 0 aliphatic carbocycles. The number of rotatable bonds is 8. The van der Waals surface area contributed by atoms with Crippen LogP contribution in [0.4, 0.5) is 11.7 Å². The van der Waals surface area contributed by atoms with Gasteiger partial charge in [0.1, 0.15) is 17.1 Å².